The van der Waals surface area contributed by atoms with Crippen LogP contribution in [0.2, 0.25) is 0 Å². The Morgan fingerprint density at radius 3 is 2.73 bits per heavy atom. The van der Waals surface area contributed by atoms with E-state index in [9.17, 15) is 18.0 Å². The van der Waals surface area contributed by atoms with Crippen molar-refractivity contribution in [2.24, 2.45) is 0 Å². The summed E-state index contributed by atoms with van der Waals surface area (Å²) in [5, 5.41) is 5.65. The van der Waals surface area contributed by atoms with E-state index >= 15 is 0 Å². The van der Waals surface area contributed by atoms with E-state index < -0.39 is 17.6 Å². The van der Waals surface area contributed by atoms with Gasteiger partial charge in [0.1, 0.15) is 0 Å². The number of ether oxygens (including phenoxy) is 1. The first-order valence-electron chi connectivity index (χ1n) is 7.16. The number of halogens is 3. The molecule has 0 aromatic heterocycles. The standard InChI is InChI=1S/C15H17F3N2O2/c1-22-10-4-9(5-10)19-6-8-2-11-12(7-20-14(11)21)13(3-8)15(16,17)18/h2-3,9-10,19H,4-7H2,1H3,(H,20,21)/t9-,10+. The molecule has 0 atom stereocenters. The monoisotopic (exact) mass is 314 g/mol. The summed E-state index contributed by atoms with van der Waals surface area (Å²) < 4.78 is 44.6. The second-order valence-electron chi connectivity index (χ2n) is 5.76. The normalized spacial score (nSPS) is 23.9. The molecule has 0 bridgehead atoms. The summed E-state index contributed by atoms with van der Waals surface area (Å²) in [5.41, 5.74) is -0.0631. The van der Waals surface area contributed by atoms with E-state index in [-0.39, 0.29) is 29.8 Å². The van der Waals surface area contributed by atoms with E-state index in [1.807, 2.05) is 0 Å². The van der Waals surface area contributed by atoms with Gasteiger partial charge in [-0.25, -0.2) is 0 Å². The Balaban J connectivity index is 1.77. The average Bonchev–Trinajstić information content (AvgIpc) is 2.77. The van der Waals surface area contributed by atoms with Crippen LogP contribution in [0, 0.1) is 0 Å². The highest BCUT2D eigenvalue weighted by atomic mass is 19.4. The maximum Gasteiger partial charge on any atom is 0.416 e. The third-order valence-electron chi connectivity index (χ3n) is 4.31. The minimum absolute atomic E-state index is 0.0457. The quantitative estimate of drug-likeness (QED) is 0.896. The summed E-state index contributed by atoms with van der Waals surface area (Å²) in [4.78, 5) is 11.7. The number of rotatable bonds is 4. The lowest BCUT2D eigenvalue weighted by molar-refractivity contribution is -0.138. The van der Waals surface area contributed by atoms with Crippen LogP contribution in [-0.2, 0) is 24.0 Å². The van der Waals surface area contributed by atoms with Crippen LogP contribution in [0.25, 0.3) is 0 Å². The van der Waals surface area contributed by atoms with Gasteiger partial charge in [-0.15, -0.1) is 0 Å². The first-order chi connectivity index (χ1) is 10.4. The van der Waals surface area contributed by atoms with Gasteiger partial charge in [0, 0.05) is 31.8 Å². The number of hydrogen-bond donors (Lipinski definition) is 2. The third kappa shape index (κ3) is 2.83. The minimum atomic E-state index is -4.45. The van der Waals surface area contributed by atoms with Crippen molar-refractivity contribution in [1.29, 1.82) is 0 Å². The summed E-state index contributed by atoms with van der Waals surface area (Å²) >= 11 is 0. The summed E-state index contributed by atoms with van der Waals surface area (Å²) in [5.74, 6) is -0.439. The van der Waals surface area contributed by atoms with Gasteiger partial charge in [0.2, 0.25) is 0 Å². The van der Waals surface area contributed by atoms with E-state index in [0.717, 1.165) is 18.9 Å². The smallest absolute Gasteiger partial charge is 0.381 e. The Bertz CT molecular complexity index is 595. The second-order valence-corrected chi connectivity index (χ2v) is 5.76. The number of alkyl halides is 3. The molecule has 1 aromatic carbocycles. The van der Waals surface area contributed by atoms with Crippen LogP contribution < -0.4 is 10.6 Å². The first-order valence-corrected chi connectivity index (χ1v) is 7.16. The van der Waals surface area contributed by atoms with Crippen LogP contribution in [0.5, 0.6) is 0 Å². The SMILES string of the molecule is CO[C@H]1C[C@@H](NCc2cc3c(c(C(F)(F)F)c2)CNC3=O)C1. The molecule has 1 heterocycles. The zero-order chi connectivity index (χ0) is 15.9. The van der Waals surface area contributed by atoms with Gasteiger partial charge in [-0.05, 0) is 36.1 Å². The molecule has 4 nitrogen and oxygen atoms in total. The van der Waals surface area contributed by atoms with Crippen molar-refractivity contribution >= 4 is 5.91 Å². The molecule has 22 heavy (non-hydrogen) atoms. The molecule has 0 radical (unpaired) electrons. The fourth-order valence-corrected chi connectivity index (χ4v) is 2.93. The van der Waals surface area contributed by atoms with Crippen molar-refractivity contribution < 1.29 is 22.7 Å². The Labute approximate surface area is 126 Å². The van der Waals surface area contributed by atoms with Crippen molar-refractivity contribution in [3.05, 3.63) is 34.4 Å². The maximum absolute atomic E-state index is 13.1. The lowest BCUT2D eigenvalue weighted by atomic mass is 9.89. The van der Waals surface area contributed by atoms with Crippen molar-refractivity contribution in [1.82, 2.24) is 10.6 Å². The van der Waals surface area contributed by atoms with E-state index in [2.05, 4.69) is 10.6 Å². The fourth-order valence-electron chi connectivity index (χ4n) is 2.93. The number of hydrogen-bond acceptors (Lipinski definition) is 3. The number of amides is 1. The first kappa shape index (κ1) is 15.3. The molecular weight excluding hydrogens is 297 g/mol. The third-order valence-corrected chi connectivity index (χ3v) is 4.31. The van der Waals surface area contributed by atoms with Gasteiger partial charge in [-0.2, -0.15) is 13.2 Å². The average molecular weight is 314 g/mol. The number of carbonyl (C=O) groups is 1. The minimum Gasteiger partial charge on any atom is -0.381 e. The zero-order valence-electron chi connectivity index (χ0n) is 12.1. The Morgan fingerprint density at radius 2 is 2.09 bits per heavy atom. The lowest BCUT2D eigenvalue weighted by Crippen LogP contribution is -2.44. The summed E-state index contributed by atoms with van der Waals surface area (Å²) in [6, 6.07) is 2.94. The number of carbonyl (C=O) groups excluding carboxylic acids is 1. The lowest BCUT2D eigenvalue weighted by Gasteiger charge is -2.34. The van der Waals surface area contributed by atoms with Crippen LogP contribution in [0.1, 0.15) is 39.9 Å². The van der Waals surface area contributed by atoms with Crippen LogP contribution in [-0.4, -0.2) is 25.2 Å². The predicted molar refractivity (Wildman–Crippen MR) is 73.3 cm³/mol. The Kier molecular flexibility index (Phi) is 3.86. The number of nitrogens with one attached hydrogen (secondary N) is 2. The molecule has 2 aliphatic rings. The molecular formula is C15H17F3N2O2. The molecule has 1 amide bonds. The van der Waals surface area contributed by atoms with Gasteiger partial charge in [0.15, 0.2) is 0 Å². The molecule has 2 N–H and O–H groups in total. The van der Waals surface area contributed by atoms with Crippen LogP contribution in [0.15, 0.2) is 12.1 Å². The maximum atomic E-state index is 13.1. The highest BCUT2D eigenvalue weighted by molar-refractivity contribution is 5.99. The predicted octanol–water partition coefficient (Wildman–Crippen LogP) is 2.22. The Hall–Kier alpha value is -1.60. The van der Waals surface area contributed by atoms with E-state index in [4.69, 9.17) is 4.74 Å². The van der Waals surface area contributed by atoms with Gasteiger partial charge < -0.3 is 15.4 Å². The fraction of sp³-hybridized carbons (Fsp3) is 0.533. The van der Waals surface area contributed by atoms with E-state index in [1.165, 1.54) is 0 Å². The van der Waals surface area contributed by atoms with Gasteiger partial charge in [0.05, 0.1) is 11.7 Å². The largest absolute Gasteiger partial charge is 0.416 e. The van der Waals surface area contributed by atoms with Crippen molar-refractivity contribution in [3.63, 3.8) is 0 Å². The highest BCUT2D eigenvalue weighted by Crippen LogP contribution is 2.36. The van der Waals surface area contributed by atoms with Gasteiger partial charge >= 0.3 is 6.18 Å². The molecule has 120 valence electrons. The number of benzene rings is 1. The molecule has 1 aliphatic heterocycles. The molecule has 3 rings (SSSR count). The molecule has 7 heteroatoms. The zero-order valence-corrected chi connectivity index (χ0v) is 12.1. The second kappa shape index (κ2) is 5.55. The molecule has 1 saturated carbocycles. The van der Waals surface area contributed by atoms with Crippen molar-refractivity contribution in [2.45, 2.75) is 44.3 Å². The van der Waals surface area contributed by atoms with Crippen LogP contribution >= 0.6 is 0 Å². The molecule has 1 aliphatic carbocycles. The number of fused-ring (bicyclic) bond motifs is 1. The molecule has 0 saturated heterocycles. The van der Waals surface area contributed by atoms with Gasteiger partial charge in [-0.3, -0.25) is 4.79 Å². The van der Waals surface area contributed by atoms with Crippen LogP contribution in [0.4, 0.5) is 13.2 Å². The molecule has 1 fully saturated rings. The van der Waals surface area contributed by atoms with E-state index in [0.29, 0.717) is 12.1 Å². The van der Waals surface area contributed by atoms with E-state index in [1.54, 1.807) is 13.2 Å². The summed E-state index contributed by atoms with van der Waals surface area (Å²) in [6.07, 6.45) is -2.51. The molecule has 0 spiro atoms. The summed E-state index contributed by atoms with van der Waals surface area (Å²) in [6.45, 7) is 0.250. The van der Waals surface area contributed by atoms with Crippen LogP contribution in [0.3, 0.4) is 0 Å². The molecule has 0 unspecified atom stereocenters. The van der Waals surface area contributed by atoms with Gasteiger partial charge in [-0.1, -0.05) is 0 Å². The topological polar surface area (TPSA) is 50.4 Å². The summed E-state index contributed by atoms with van der Waals surface area (Å²) in [7, 11) is 1.65. The highest BCUT2D eigenvalue weighted by Gasteiger charge is 2.37. The molecule has 1 aromatic rings. The number of methoxy groups -OCH3 is 1. The van der Waals surface area contributed by atoms with Gasteiger partial charge in [0.25, 0.3) is 5.91 Å². The van der Waals surface area contributed by atoms with Crippen molar-refractivity contribution in [2.75, 3.05) is 7.11 Å². The Morgan fingerprint density at radius 1 is 1.36 bits per heavy atom. The van der Waals surface area contributed by atoms with Crippen molar-refractivity contribution in [3.8, 4) is 0 Å².